The predicted molar refractivity (Wildman–Crippen MR) is 60.0 cm³/mol. The molecule has 0 radical (unpaired) electrons. The lowest BCUT2D eigenvalue weighted by Gasteiger charge is -2.16. The van der Waals surface area contributed by atoms with E-state index in [1.165, 1.54) is 0 Å². The molecule has 5 heteroatoms. The molecule has 1 fully saturated rings. The summed E-state index contributed by atoms with van der Waals surface area (Å²) in [6, 6.07) is 3.41. The molecule has 0 saturated carbocycles. The van der Waals surface area contributed by atoms with Crippen LogP contribution in [0.4, 0.5) is 5.82 Å². The van der Waals surface area contributed by atoms with Crippen molar-refractivity contribution in [2.24, 2.45) is 0 Å². The van der Waals surface area contributed by atoms with Crippen LogP contribution in [-0.4, -0.2) is 42.1 Å². The van der Waals surface area contributed by atoms with Crippen LogP contribution in [0, 0.1) is 0 Å². The van der Waals surface area contributed by atoms with Gasteiger partial charge in [-0.2, -0.15) is 0 Å². The number of likely N-dealkylation sites (tertiary alicyclic amines) is 1. The molecule has 1 atom stereocenters. The Hall–Kier alpha value is -1.62. The number of amides is 1. The number of carbonyl (C=O) groups is 1. The van der Waals surface area contributed by atoms with Crippen molar-refractivity contribution in [1.29, 1.82) is 0 Å². The lowest BCUT2D eigenvalue weighted by atomic mass is 10.2. The second kappa shape index (κ2) is 4.49. The number of hydrogen-bond acceptors (Lipinski definition) is 4. The zero-order chi connectivity index (χ0) is 11.5. The first-order valence-corrected chi connectivity index (χ1v) is 5.25. The average molecular weight is 221 g/mol. The maximum absolute atomic E-state index is 12.1. The third kappa shape index (κ3) is 1.99. The van der Waals surface area contributed by atoms with Gasteiger partial charge in [0.15, 0.2) is 0 Å². The van der Waals surface area contributed by atoms with Crippen molar-refractivity contribution in [2.75, 3.05) is 25.9 Å². The topological polar surface area (TPSA) is 68.5 Å². The minimum atomic E-state index is -0.0647. The van der Waals surface area contributed by atoms with Crippen LogP contribution in [-0.2, 0) is 4.74 Å². The zero-order valence-electron chi connectivity index (χ0n) is 9.22. The van der Waals surface area contributed by atoms with Crippen molar-refractivity contribution in [1.82, 2.24) is 9.88 Å². The van der Waals surface area contributed by atoms with Gasteiger partial charge < -0.3 is 15.4 Å². The van der Waals surface area contributed by atoms with Gasteiger partial charge in [0, 0.05) is 26.4 Å². The van der Waals surface area contributed by atoms with Crippen LogP contribution < -0.4 is 5.73 Å². The SMILES string of the molecule is COC1CCN(C(=O)c2cccnc2N)C1. The Labute approximate surface area is 94.2 Å². The average Bonchev–Trinajstić information content (AvgIpc) is 2.77. The first-order valence-electron chi connectivity index (χ1n) is 5.25. The van der Waals surface area contributed by atoms with Crippen LogP contribution in [0.5, 0.6) is 0 Å². The number of carbonyl (C=O) groups excluding carboxylic acids is 1. The minimum absolute atomic E-state index is 0.0647. The number of ether oxygens (including phenoxy) is 1. The number of nitrogens with two attached hydrogens (primary N) is 1. The molecule has 1 aliphatic rings. The summed E-state index contributed by atoms with van der Waals surface area (Å²) in [5.74, 6) is 0.221. The number of anilines is 1. The van der Waals surface area contributed by atoms with Crippen LogP contribution in [0.15, 0.2) is 18.3 Å². The number of nitrogens with zero attached hydrogens (tertiary/aromatic N) is 2. The van der Waals surface area contributed by atoms with E-state index in [1.54, 1.807) is 30.3 Å². The standard InChI is InChI=1S/C11H15N3O2/c1-16-8-4-6-14(7-8)11(15)9-3-2-5-13-10(9)12/h2-3,5,8H,4,6-7H2,1H3,(H2,12,13). The van der Waals surface area contributed by atoms with E-state index in [9.17, 15) is 4.79 Å². The zero-order valence-corrected chi connectivity index (χ0v) is 9.22. The molecule has 1 amide bonds. The fourth-order valence-electron chi connectivity index (χ4n) is 1.87. The second-order valence-corrected chi connectivity index (χ2v) is 3.83. The molecule has 2 rings (SSSR count). The molecule has 1 aromatic rings. The number of aromatic nitrogens is 1. The lowest BCUT2D eigenvalue weighted by Crippen LogP contribution is -2.30. The molecule has 2 N–H and O–H groups in total. The lowest BCUT2D eigenvalue weighted by molar-refractivity contribution is 0.0725. The second-order valence-electron chi connectivity index (χ2n) is 3.83. The fraction of sp³-hybridized carbons (Fsp3) is 0.455. The molecule has 0 aromatic carbocycles. The molecule has 16 heavy (non-hydrogen) atoms. The van der Waals surface area contributed by atoms with Gasteiger partial charge in [-0.1, -0.05) is 0 Å². The third-order valence-electron chi connectivity index (χ3n) is 2.83. The van der Waals surface area contributed by atoms with Gasteiger partial charge in [0.05, 0.1) is 11.7 Å². The van der Waals surface area contributed by atoms with E-state index in [2.05, 4.69) is 4.98 Å². The van der Waals surface area contributed by atoms with Gasteiger partial charge in [-0.25, -0.2) is 4.98 Å². The van der Waals surface area contributed by atoms with Crippen LogP contribution in [0.1, 0.15) is 16.8 Å². The Balaban J connectivity index is 2.12. The molecule has 5 nitrogen and oxygen atoms in total. The van der Waals surface area contributed by atoms with E-state index < -0.39 is 0 Å². The third-order valence-corrected chi connectivity index (χ3v) is 2.83. The van der Waals surface area contributed by atoms with Gasteiger partial charge in [0.2, 0.25) is 0 Å². The van der Waals surface area contributed by atoms with Gasteiger partial charge in [-0.15, -0.1) is 0 Å². The van der Waals surface area contributed by atoms with Crippen molar-refractivity contribution >= 4 is 11.7 Å². The van der Waals surface area contributed by atoms with Crippen LogP contribution in [0.2, 0.25) is 0 Å². The number of hydrogen-bond donors (Lipinski definition) is 1. The molecule has 2 heterocycles. The quantitative estimate of drug-likeness (QED) is 0.790. The Morgan fingerprint density at radius 1 is 1.69 bits per heavy atom. The monoisotopic (exact) mass is 221 g/mol. The Morgan fingerprint density at radius 2 is 2.50 bits per heavy atom. The summed E-state index contributed by atoms with van der Waals surface area (Å²) in [5, 5.41) is 0. The first kappa shape index (κ1) is 10.9. The van der Waals surface area contributed by atoms with Gasteiger partial charge in [0.1, 0.15) is 5.82 Å². The largest absolute Gasteiger partial charge is 0.383 e. The maximum atomic E-state index is 12.1. The highest BCUT2D eigenvalue weighted by Gasteiger charge is 2.27. The molecule has 1 saturated heterocycles. The van der Waals surface area contributed by atoms with E-state index in [0.717, 1.165) is 6.42 Å². The molecule has 0 aliphatic carbocycles. The van der Waals surface area contributed by atoms with E-state index in [-0.39, 0.29) is 17.8 Å². The van der Waals surface area contributed by atoms with Gasteiger partial charge >= 0.3 is 0 Å². The molecule has 1 aromatic heterocycles. The molecule has 0 bridgehead atoms. The first-order chi connectivity index (χ1) is 7.72. The van der Waals surface area contributed by atoms with E-state index in [1.807, 2.05) is 0 Å². The highest BCUT2D eigenvalue weighted by atomic mass is 16.5. The highest BCUT2D eigenvalue weighted by Crippen LogP contribution is 2.17. The smallest absolute Gasteiger partial charge is 0.257 e. The summed E-state index contributed by atoms with van der Waals surface area (Å²) >= 11 is 0. The molecule has 1 aliphatic heterocycles. The summed E-state index contributed by atoms with van der Waals surface area (Å²) in [5.41, 5.74) is 6.14. The summed E-state index contributed by atoms with van der Waals surface area (Å²) in [4.78, 5) is 17.7. The fourth-order valence-corrected chi connectivity index (χ4v) is 1.87. The Kier molecular flexibility index (Phi) is 3.05. The molecule has 86 valence electrons. The van der Waals surface area contributed by atoms with Gasteiger partial charge in [-0.3, -0.25) is 4.79 Å². The number of rotatable bonds is 2. The number of pyridine rings is 1. The number of methoxy groups -OCH3 is 1. The van der Waals surface area contributed by atoms with Crippen molar-refractivity contribution in [3.63, 3.8) is 0 Å². The van der Waals surface area contributed by atoms with Gasteiger partial charge in [-0.05, 0) is 18.6 Å². The summed E-state index contributed by atoms with van der Waals surface area (Å²) in [7, 11) is 1.66. The Morgan fingerprint density at radius 3 is 3.12 bits per heavy atom. The molecular weight excluding hydrogens is 206 g/mol. The van der Waals surface area contributed by atoms with Crippen molar-refractivity contribution in [3.8, 4) is 0 Å². The summed E-state index contributed by atoms with van der Waals surface area (Å²) in [6.45, 7) is 1.34. The van der Waals surface area contributed by atoms with Crippen molar-refractivity contribution in [2.45, 2.75) is 12.5 Å². The minimum Gasteiger partial charge on any atom is -0.383 e. The molecule has 0 spiro atoms. The molecular formula is C11H15N3O2. The van der Waals surface area contributed by atoms with Crippen molar-refractivity contribution < 1.29 is 9.53 Å². The summed E-state index contributed by atoms with van der Waals surface area (Å²) < 4.78 is 5.22. The van der Waals surface area contributed by atoms with Gasteiger partial charge in [0.25, 0.3) is 5.91 Å². The van der Waals surface area contributed by atoms with E-state index in [0.29, 0.717) is 18.7 Å². The van der Waals surface area contributed by atoms with Crippen molar-refractivity contribution in [3.05, 3.63) is 23.9 Å². The van der Waals surface area contributed by atoms with E-state index in [4.69, 9.17) is 10.5 Å². The predicted octanol–water partition coefficient (Wildman–Crippen LogP) is 0.525. The normalized spacial score (nSPS) is 20.1. The van der Waals surface area contributed by atoms with Crippen LogP contribution in [0.3, 0.4) is 0 Å². The number of nitrogen functional groups attached to an aromatic ring is 1. The van der Waals surface area contributed by atoms with Crippen LogP contribution >= 0.6 is 0 Å². The highest BCUT2D eigenvalue weighted by molar-refractivity contribution is 5.98. The molecule has 1 unspecified atom stereocenters. The summed E-state index contributed by atoms with van der Waals surface area (Å²) in [6.07, 6.45) is 2.60. The Bertz CT molecular complexity index is 395. The van der Waals surface area contributed by atoms with E-state index >= 15 is 0 Å². The van der Waals surface area contributed by atoms with Crippen LogP contribution in [0.25, 0.3) is 0 Å². The maximum Gasteiger partial charge on any atom is 0.257 e.